The minimum atomic E-state index is -0.635. The Morgan fingerprint density at radius 2 is 2.00 bits per heavy atom. The Morgan fingerprint density at radius 1 is 1.25 bits per heavy atom. The Hall–Kier alpha value is -2.52. The van der Waals surface area contributed by atoms with E-state index in [1.165, 1.54) is 0 Å². The zero-order valence-corrected chi connectivity index (χ0v) is 14.7. The van der Waals surface area contributed by atoms with Crippen LogP contribution < -0.4 is 14.8 Å². The summed E-state index contributed by atoms with van der Waals surface area (Å²) in [7, 11) is 0. The number of benzene rings is 2. The van der Waals surface area contributed by atoms with E-state index >= 15 is 0 Å². The fraction of sp³-hybridized carbons (Fsp3) is 0.222. The van der Waals surface area contributed by atoms with Gasteiger partial charge in [0.1, 0.15) is 18.1 Å². The van der Waals surface area contributed by atoms with Crippen LogP contribution in [0, 0.1) is 11.3 Å². The predicted octanol–water partition coefficient (Wildman–Crippen LogP) is 3.28. The molecule has 0 fully saturated rings. The molecule has 1 N–H and O–H groups in total. The minimum absolute atomic E-state index is 0.225. The Bertz CT molecular complexity index is 726. The van der Waals surface area contributed by atoms with Crippen LogP contribution in [0.3, 0.4) is 0 Å². The number of amides is 1. The van der Waals surface area contributed by atoms with Crippen molar-refractivity contribution in [3.63, 3.8) is 0 Å². The van der Waals surface area contributed by atoms with Crippen LogP contribution in [-0.4, -0.2) is 25.2 Å². The van der Waals surface area contributed by atoms with Crippen molar-refractivity contribution in [1.29, 1.82) is 5.26 Å². The summed E-state index contributed by atoms with van der Waals surface area (Å²) in [5, 5.41) is 11.5. The van der Waals surface area contributed by atoms with E-state index in [4.69, 9.17) is 14.7 Å². The highest BCUT2D eigenvalue weighted by Gasteiger charge is 2.14. The molecule has 24 heavy (non-hydrogen) atoms. The first kappa shape index (κ1) is 17.8. The summed E-state index contributed by atoms with van der Waals surface area (Å²) in [6.45, 7) is 2.42. The number of nitrogens with one attached hydrogen (secondary N) is 1. The number of hydrogen-bond donors (Lipinski definition) is 1. The second-order valence-electron chi connectivity index (χ2n) is 4.99. The molecule has 0 radical (unpaired) electrons. The molecular weight excluding hydrogens is 372 g/mol. The van der Waals surface area contributed by atoms with Gasteiger partial charge in [0.2, 0.25) is 0 Å². The lowest BCUT2D eigenvalue weighted by Gasteiger charge is -2.15. The van der Waals surface area contributed by atoms with E-state index in [1.54, 1.807) is 31.2 Å². The van der Waals surface area contributed by atoms with Crippen LogP contribution in [-0.2, 0) is 4.79 Å². The summed E-state index contributed by atoms with van der Waals surface area (Å²) in [6.07, 6.45) is -0.635. The fourth-order valence-corrected chi connectivity index (χ4v) is 2.29. The zero-order valence-electron chi connectivity index (χ0n) is 13.2. The summed E-state index contributed by atoms with van der Waals surface area (Å²) in [5.41, 5.74) is 0.546. The van der Waals surface area contributed by atoms with Gasteiger partial charge in [-0.3, -0.25) is 4.79 Å². The van der Waals surface area contributed by atoms with E-state index in [2.05, 4.69) is 21.2 Å². The molecule has 0 bridgehead atoms. The molecule has 2 rings (SSSR count). The smallest absolute Gasteiger partial charge is 0.260 e. The summed E-state index contributed by atoms with van der Waals surface area (Å²) < 4.78 is 12.0. The molecule has 124 valence electrons. The molecule has 6 heteroatoms. The van der Waals surface area contributed by atoms with Crippen LogP contribution in [0.15, 0.2) is 53.0 Å². The maximum Gasteiger partial charge on any atom is 0.260 e. The van der Waals surface area contributed by atoms with Crippen LogP contribution in [0.4, 0.5) is 0 Å². The Balaban J connectivity index is 1.72. The minimum Gasteiger partial charge on any atom is -0.492 e. The van der Waals surface area contributed by atoms with Crippen molar-refractivity contribution in [2.75, 3.05) is 13.2 Å². The van der Waals surface area contributed by atoms with E-state index in [1.807, 2.05) is 30.3 Å². The molecule has 0 spiro atoms. The third-order valence-corrected chi connectivity index (χ3v) is 3.62. The lowest BCUT2D eigenvalue weighted by molar-refractivity contribution is -0.127. The van der Waals surface area contributed by atoms with Crippen molar-refractivity contribution in [2.24, 2.45) is 0 Å². The average molecular weight is 389 g/mol. The number of carbonyl (C=O) groups excluding carboxylic acids is 1. The van der Waals surface area contributed by atoms with E-state index in [-0.39, 0.29) is 5.91 Å². The van der Waals surface area contributed by atoms with Crippen molar-refractivity contribution in [3.8, 4) is 17.6 Å². The van der Waals surface area contributed by atoms with E-state index < -0.39 is 6.10 Å². The molecule has 0 aromatic heterocycles. The molecule has 0 aliphatic rings. The van der Waals surface area contributed by atoms with Gasteiger partial charge in [-0.25, -0.2) is 0 Å². The Morgan fingerprint density at radius 3 is 2.67 bits per heavy atom. The molecule has 2 aromatic rings. The number of rotatable bonds is 7. The van der Waals surface area contributed by atoms with Gasteiger partial charge in [0, 0.05) is 4.47 Å². The van der Waals surface area contributed by atoms with Crippen LogP contribution in [0.5, 0.6) is 11.5 Å². The van der Waals surface area contributed by atoms with Gasteiger partial charge in [0.15, 0.2) is 6.10 Å². The normalized spacial score (nSPS) is 11.2. The van der Waals surface area contributed by atoms with Gasteiger partial charge >= 0.3 is 0 Å². The van der Waals surface area contributed by atoms with Crippen molar-refractivity contribution >= 4 is 21.8 Å². The standard InChI is InChI=1S/C18H17BrN2O3/c1-13(24-16-7-5-14(12-20)6-8-16)18(22)21-9-10-23-17-4-2-3-15(19)11-17/h2-8,11,13H,9-10H2,1H3,(H,21,22). The molecule has 5 nitrogen and oxygen atoms in total. The second-order valence-corrected chi connectivity index (χ2v) is 5.91. The summed E-state index contributed by atoms with van der Waals surface area (Å²) in [4.78, 5) is 12.0. The van der Waals surface area contributed by atoms with Crippen molar-refractivity contribution in [2.45, 2.75) is 13.0 Å². The van der Waals surface area contributed by atoms with Crippen LogP contribution >= 0.6 is 15.9 Å². The monoisotopic (exact) mass is 388 g/mol. The maximum atomic E-state index is 12.0. The van der Waals surface area contributed by atoms with Crippen molar-refractivity contribution in [1.82, 2.24) is 5.32 Å². The number of nitriles is 1. The van der Waals surface area contributed by atoms with Crippen molar-refractivity contribution in [3.05, 3.63) is 58.6 Å². The average Bonchev–Trinajstić information content (AvgIpc) is 2.59. The molecular formula is C18H17BrN2O3. The summed E-state index contributed by atoms with van der Waals surface area (Å²) in [5.74, 6) is 1.06. The van der Waals surface area contributed by atoms with E-state index in [9.17, 15) is 4.79 Å². The molecule has 2 aromatic carbocycles. The lowest BCUT2D eigenvalue weighted by atomic mass is 10.2. The van der Waals surface area contributed by atoms with E-state index in [0.717, 1.165) is 10.2 Å². The van der Waals surface area contributed by atoms with Crippen LogP contribution in [0.25, 0.3) is 0 Å². The topological polar surface area (TPSA) is 71.3 Å². The first-order valence-corrected chi connectivity index (χ1v) is 8.20. The number of hydrogen-bond acceptors (Lipinski definition) is 4. The molecule has 0 saturated carbocycles. The van der Waals surface area contributed by atoms with Gasteiger partial charge in [-0.1, -0.05) is 22.0 Å². The van der Waals surface area contributed by atoms with Gasteiger partial charge in [0.05, 0.1) is 18.2 Å². The summed E-state index contributed by atoms with van der Waals surface area (Å²) in [6, 6.07) is 16.2. The predicted molar refractivity (Wildman–Crippen MR) is 93.9 cm³/mol. The zero-order chi connectivity index (χ0) is 17.4. The molecule has 0 aliphatic carbocycles. The van der Waals surface area contributed by atoms with Gasteiger partial charge in [-0.05, 0) is 49.4 Å². The number of carbonyl (C=O) groups is 1. The first-order valence-electron chi connectivity index (χ1n) is 7.41. The molecule has 0 aliphatic heterocycles. The molecule has 0 heterocycles. The molecule has 1 amide bonds. The van der Waals surface area contributed by atoms with Gasteiger partial charge in [0.25, 0.3) is 5.91 Å². The highest BCUT2D eigenvalue weighted by molar-refractivity contribution is 9.10. The SMILES string of the molecule is CC(Oc1ccc(C#N)cc1)C(=O)NCCOc1cccc(Br)c1. The van der Waals surface area contributed by atoms with E-state index in [0.29, 0.717) is 24.5 Å². The fourth-order valence-electron chi connectivity index (χ4n) is 1.91. The van der Waals surface area contributed by atoms with Crippen molar-refractivity contribution < 1.29 is 14.3 Å². The third kappa shape index (κ3) is 5.60. The summed E-state index contributed by atoms with van der Waals surface area (Å²) >= 11 is 3.37. The largest absolute Gasteiger partial charge is 0.492 e. The maximum absolute atomic E-state index is 12.0. The number of halogens is 1. The Labute approximate surface area is 149 Å². The van der Waals surface area contributed by atoms with Gasteiger partial charge in [-0.2, -0.15) is 5.26 Å². The van der Waals surface area contributed by atoms with Gasteiger partial charge < -0.3 is 14.8 Å². The number of ether oxygens (including phenoxy) is 2. The molecule has 0 saturated heterocycles. The first-order chi connectivity index (χ1) is 11.6. The second kappa shape index (κ2) is 8.94. The lowest BCUT2D eigenvalue weighted by Crippen LogP contribution is -2.38. The molecule has 1 unspecified atom stereocenters. The highest BCUT2D eigenvalue weighted by atomic mass is 79.9. The highest BCUT2D eigenvalue weighted by Crippen LogP contribution is 2.17. The van der Waals surface area contributed by atoms with Crippen LogP contribution in [0.1, 0.15) is 12.5 Å². The third-order valence-electron chi connectivity index (χ3n) is 3.13. The Kier molecular flexibility index (Phi) is 6.64. The number of nitrogens with zero attached hydrogens (tertiary/aromatic N) is 1. The van der Waals surface area contributed by atoms with Gasteiger partial charge in [-0.15, -0.1) is 0 Å². The van der Waals surface area contributed by atoms with Crippen LogP contribution in [0.2, 0.25) is 0 Å². The quantitative estimate of drug-likeness (QED) is 0.738. The molecule has 1 atom stereocenters.